The third kappa shape index (κ3) is 2.85. The number of nitrogens with one attached hydrogen (secondary N) is 1. The van der Waals surface area contributed by atoms with Crippen LogP contribution < -0.4 is 11.3 Å². The quantitative estimate of drug-likeness (QED) is 0.640. The number of nitrogens with two attached hydrogens (primary N) is 1. The fraction of sp³-hybridized carbons (Fsp3) is 0.400. The van der Waals surface area contributed by atoms with Crippen molar-refractivity contribution < 1.29 is 0 Å². The predicted molar refractivity (Wildman–Crippen MR) is 77.6 cm³/mol. The van der Waals surface area contributed by atoms with Crippen molar-refractivity contribution in [3.63, 3.8) is 0 Å². The number of hydrogen-bond acceptors (Lipinski definition) is 3. The van der Waals surface area contributed by atoms with E-state index in [4.69, 9.17) is 5.84 Å². The van der Waals surface area contributed by atoms with Gasteiger partial charge < -0.3 is 4.57 Å². The predicted octanol–water partition coefficient (Wildman–Crippen LogP) is 2.46. The Morgan fingerprint density at radius 2 is 2.11 bits per heavy atom. The minimum absolute atomic E-state index is 0.0687. The molecule has 1 aromatic carbocycles. The molecule has 102 valence electrons. The van der Waals surface area contributed by atoms with Crippen LogP contribution in [0.1, 0.15) is 41.9 Å². The van der Waals surface area contributed by atoms with Crippen LogP contribution in [0, 0.1) is 13.8 Å². The summed E-state index contributed by atoms with van der Waals surface area (Å²) < 4.78 is 2.15. The lowest BCUT2D eigenvalue weighted by molar-refractivity contribution is 0.545. The van der Waals surface area contributed by atoms with Gasteiger partial charge in [0.2, 0.25) is 0 Å². The molecule has 2 rings (SSSR count). The highest BCUT2D eigenvalue weighted by molar-refractivity contribution is 5.34. The van der Waals surface area contributed by atoms with Crippen LogP contribution in [0.4, 0.5) is 0 Å². The Kier molecular flexibility index (Phi) is 4.35. The van der Waals surface area contributed by atoms with Crippen molar-refractivity contribution in [3.8, 4) is 0 Å². The molecule has 4 nitrogen and oxygen atoms in total. The largest absolute Gasteiger partial charge is 0.333 e. The number of rotatable bonds is 5. The summed E-state index contributed by atoms with van der Waals surface area (Å²) in [6.07, 6.45) is 4.91. The van der Waals surface area contributed by atoms with Crippen molar-refractivity contribution >= 4 is 0 Å². The maximum Gasteiger partial charge on any atom is 0.131 e. The van der Waals surface area contributed by atoms with Crippen LogP contribution in [-0.2, 0) is 6.54 Å². The molecule has 0 saturated carbocycles. The van der Waals surface area contributed by atoms with Crippen LogP contribution >= 0.6 is 0 Å². The Bertz CT molecular complexity index is 545. The minimum atomic E-state index is -0.0687. The van der Waals surface area contributed by atoms with Crippen molar-refractivity contribution in [2.45, 2.75) is 39.8 Å². The van der Waals surface area contributed by atoms with Gasteiger partial charge in [-0.05, 0) is 37.0 Å². The van der Waals surface area contributed by atoms with Gasteiger partial charge in [-0.3, -0.25) is 5.84 Å². The highest BCUT2D eigenvalue weighted by Gasteiger charge is 2.17. The number of hydrogen-bond donors (Lipinski definition) is 2. The van der Waals surface area contributed by atoms with Crippen molar-refractivity contribution in [3.05, 3.63) is 53.1 Å². The van der Waals surface area contributed by atoms with E-state index in [9.17, 15) is 0 Å². The van der Waals surface area contributed by atoms with E-state index in [2.05, 4.69) is 53.9 Å². The lowest BCUT2D eigenvalue weighted by Gasteiger charge is -2.18. The van der Waals surface area contributed by atoms with Crippen LogP contribution in [-0.4, -0.2) is 9.55 Å². The second kappa shape index (κ2) is 5.99. The Balaban J connectivity index is 2.38. The number of aryl methyl sites for hydroxylation is 3. The summed E-state index contributed by atoms with van der Waals surface area (Å²) in [6.45, 7) is 7.34. The van der Waals surface area contributed by atoms with Crippen LogP contribution in [0.5, 0.6) is 0 Å². The molecule has 0 spiro atoms. The first kappa shape index (κ1) is 13.8. The number of nitrogens with zero attached hydrogens (tertiary/aromatic N) is 2. The summed E-state index contributed by atoms with van der Waals surface area (Å²) in [5.41, 5.74) is 6.59. The summed E-state index contributed by atoms with van der Waals surface area (Å²) in [6, 6.07) is 6.34. The third-order valence-corrected chi connectivity index (χ3v) is 3.50. The number of hydrazine groups is 1. The number of benzene rings is 1. The molecule has 0 saturated heterocycles. The van der Waals surface area contributed by atoms with Crippen LogP contribution in [0.3, 0.4) is 0 Å². The molecule has 1 aromatic heterocycles. The molecule has 0 aliphatic heterocycles. The first-order valence-electron chi connectivity index (χ1n) is 6.71. The molecule has 0 radical (unpaired) electrons. The van der Waals surface area contributed by atoms with E-state index in [-0.39, 0.29) is 6.04 Å². The zero-order valence-corrected chi connectivity index (χ0v) is 11.9. The van der Waals surface area contributed by atoms with Crippen LogP contribution in [0.2, 0.25) is 0 Å². The lowest BCUT2D eigenvalue weighted by atomic mass is 10.0. The summed E-state index contributed by atoms with van der Waals surface area (Å²) >= 11 is 0. The van der Waals surface area contributed by atoms with Gasteiger partial charge in [-0.25, -0.2) is 10.4 Å². The highest BCUT2D eigenvalue weighted by Crippen LogP contribution is 2.22. The standard InChI is InChI=1S/C15H22N4/c1-4-8-19-9-7-17-15(19)14(18-16)13-6-5-11(2)12(3)10-13/h5-7,9-10,14,18H,4,8,16H2,1-3H3. The average Bonchev–Trinajstić information content (AvgIpc) is 2.83. The van der Waals surface area contributed by atoms with Gasteiger partial charge in [-0.1, -0.05) is 25.1 Å². The highest BCUT2D eigenvalue weighted by atomic mass is 15.3. The van der Waals surface area contributed by atoms with Gasteiger partial charge in [0.1, 0.15) is 11.9 Å². The zero-order valence-electron chi connectivity index (χ0n) is 11.9. The molecule has 0 aliphatic carbocycles. The summed E-state index contributed by atoms with van der Waals surface area (Å²) in [4.78, 5) is 4.45. The van der Waals surface area contributed by atoms with Gasteiger partial charge in [0.25, 0.3) is 0 Å². The Morgan fingerprint density at radius 3 is 2.74 bits per heavy atom. The van der Waals surface area contributed by atoms with Gasteiger partial charge in [0.15, 0.2) is 0 Å². The molecular weight excluding hydrogens is 236 g/mol. The minimum Gasteiger partial charge on any atom is -0.333 e. The summed E-state index contributed by atoms with van der Waals surface area (Å²) in [5, 5.41) is 0. The number of aromatic nitrogens is 2. The lowest BCUT2D eigenvalue weighted by Crippen LogP contribution is -2.31. The third-order valence-electron chi connectivity index (χ3n) is 3.50. The first-order chi connectivity index (χ1) is 9.17. The molecule has 0 bridgehead atoms. The van der Waals surface area contributed by atoms with E-state index in [1.54, 1.807) is 0 Å². The fourth-order valence-corrected chi connectivity index (χ4v) is 2.28. The van der Waals surface area contributed by atoms with Crippen molar-refractivity contribution in [2.24, 2.45) is 5.84 Å². The van der Waals surface area contributed by atoms with E-state index in [0.29, 0.717) is 0 Å². The monoisotopic (exact) mass is 258 g/mol. The maximum absolute atomic E-state index is 5.75. The smallest absolute Gasteiger partial charge is 0.131 e. The Labute approximate surface area is 114 Å². The molecule has 1 atom stereocenters. The molecule has 0 amide bonds. The SMILES string of the molecule is CCCn1ccnc1C(NN)c1ccc(C)c(C)c1. The van der Waals surface area contributed by atoms with Gasteiger partial charge in [0, 0.05) is 18.9 Å². The molecule has 0 aliphatic rings. The Hall–Kier alpha value is -1.65. The molecule has 0 fully saturated rings. The first-order valence-corrected chi connectivity index (χ1v) is 6.71. The van der Waals surface area contributed by atoms with E-state index in [1.807, 2.05) is 12.4 Å². The topological polar surface area (TPSA) is 55.9 Å². The van der Waals surface area contributed by atoms with Crippen LogP contribution in [0.15, 0.2) is 30.6 Å². The fourth-order valence-electron chi connectivity index (χ4n) is 2.28. The molecule has 1 unspecified atom stereocenters. The molecule has 1 heterocycles. The zero-order chi connectivity index (χ0) is 13.8. The molecule has 4 heteroatoms. The average molecular weight is 258 g/mol. The summed E-state index contributed by atoms with van der Waals surface area (Å²) in [5.74, 6) is 6.71. The van der Waals surface area contributed by atoms with Gasteiger partial charge in [-0.2, -0.15) is 0 Å². The molecular formula is C15H22N4. The molecule has 2 aromatic rings. The van der Waals surface area contributed by atoms with E-state index in [1.165, 1.54) is 11.1 Å². The van der Waals surface area contributed by atoms with Gasteiger partial charge >= 0.3 is 0 Å². The van der Waals surface area contributed by atoms with E-state index >= 15 is 0 Å². The second-order valence-electron chi connectivity index (χ2n) is 4.92. The van der Waals surface area contributed by atoms with E-state index < -0.39 is 0 Å². The van der Waals surface area contributed by atoms with E-state index in [0.717, 1.165) is 24.4 Å². The molecule has 19 heavy (non-hydrogen) atoms. The van der Waals surface area contributed by atoms with Crippen molar-refractivity contribution in [2.75, 3.05) is 0 Å². The second-order valence-corrected chi connectivity index (χ2v) is 4.92. The van der Waals surface area contributed by atoms with Crippen molar-refractivity contribution in [1.29, 1.82) is 0 Å². The van der Waals surface area contributed by atoms with Gasteiger partial charge in [-0.15, -0.1) is 0 Å². The Morgan fingerprint density at radius 1 is 1.32 bits per heavy atom. The molecule has 3 N–H and O–H groups in total. The van der Waals surface area contributed by atoms with Crippen molar-refractivity contribution in [1.82, 2.24) is 15.0 Å². The normalized spacial score (nSPS) is 12.6. The summed E-state index contributed by atoms with van der Waals surface area (Å²) in [7, 11) is 0. The van der Waals surface area contributed by atoms with Crippen LogP contribution in [0.25, 0.3) is 0 Å². The maximum atomic E-state index is 5.75. The number of imidazole rings is 1. The van der Waals surface area contributed by atoms with Gasteiger partial charge in [0.05, 0.1) is 0 Å².